The number of hydrogen-bond donors (Lipinski definition) is 1. The van der Waals surface area contributed by atoms with E-state index in [1.807, 2.05) is 18.2 Å². The van der Waals surface area contributed by atoms with Crippen molar-refractivity contribution >= 4 is 17.5 Å². The van der Waals surface area contributed by atoms with Crippen LogP contribution < -0.4 is 15.2 Å². The number of carbonyl (C=O) groups is 1. The van der Waals surface area contributed by atoms with Crippen LogP contribution in [0.1, 0.15) is 28.2 Å². The first kappa shape index (κ1) is 18.3. The van der Waals surface area contributed by atoms with Gasteiger partial charge in [-0.1, -0.05) is 28.9 Å². The minimum Gasteiger partial charge on any atom is -0.489 e. The Morgan fingerprint density at radius 1 is 1.11 bits per heavy atom. The highest BCUT2D eigenvalue weighted by molar-refractivity contribution is 6.32. The third kappa shape index (κ3) is 3.94. The summed E-state index contributed by atoms with van der Waals surface area (Å²) in [5, 5.41) is 4.50. The molecule has 3 aromatic rings. The van der Waals surface area contributed by atoms with Crippen LogP contribution in [0.15, 0.2) is 40.9 Å². The highest BCUT2D eigenvalue weighted by Gasteiger charge is 2.18. The molecule has 0 aliphatic carbocycles. The van der Waals surface area contributed by atoms with Crippen LogP contribution in [-0.4, -0.2) is 29.3 Å². The maximum absolute atomic E-state index is 11.1. The van der Waals surface area contributed by atoms with Crippen molar-refractivity contribution in [1.82, 2.24) is 10.1 Å². The van der Waals surface area contributed by atoms with E-state index in [2.05, 4.69) is 10.1 Å². The monoisotopic (exact) mass is 399 g/mol. The molecule has 0 bridgehead atoms. The molecule has 0 spiro atoms. The van der Waals surface area contributed by atoms with E-state index in [0.29, 0.717) is 65.4 Å². The van der Waals surface area contributed by atoms with Gasteiger partial charge in [0.1, 0.15) is 0 Å². The van der Waals surface area contributed by atoms with Gasteiger partial charge in [0.25, 0.3) is 0 Å². The van der Waals surface area contributed by atoms with Gasteiger partial charge in [-0.2, -0.15) is 4.98 Å². The minimum atomic E-state index is -0.443. The maximum atomic E-state index is 11.1. The van der Waals surface area contributed by atoms with Crippen molar-refractivity contribution < 1.29 is 18.8 Å². The first-order valence-corrected chi connectivity index (χ1v) is 9.29. The Morgan fingerprint density at radius 3 is 2.68 bits per heavy atom. The summed E-state index contributed by atoms with van der Waals surface area (Å²) in [6.45, 7) is 1.14. The van der Waals surface area contributed by atoms with E-state index >= 15 is 0 Å². The van der Waals surface area contributed by atoms with Crippen LogP contribution in [0.25, 0.3) is 11.4 Å². The lowest BCUT2D eigenvalue weighted by Gasteiger charge is -2.09. The summed E-state index contributed by atoms with van der Waals surface area (Å²) in [7, 11) is 0. The number of nitrogens with two attached hydrogens (primary N) is 1. The van der Waals surface area contributed by atoms with Gasteiger partial charge in [-0.15, -0.1) is 0 Å². The van der Waals surface area contributed by atoms with E-state index in [1.165, 1.54) is 0 Å². The quantitative estimate of drug-likeness (QED) is 0.705. The van der Waals surface area contributed by atoms with E-state index in [0.717, 1.165) is 12.0 Å². The summed E-state index contributed by atoms with van der Waals surface area (Å²) >= 11 is 6.33. The number of rotatable bonds is 5. The molecule has 2 heterocycles. The van der Waals surface area contributed by atoms with Gasteiger partial charge in [-0.05, 0) is 36.2 Å². The number of aromatic nitrogens is 2. The van der Waals surface area contributed by atoms with Crippen LogP contribution in [0.5, 0.6) is 11.5 Å². The maximum Gasteiger partial charge on any atom is 0.248 e. The molecule has 1 aliphatic heterocycles. The third-order valence-electron chi connectivity index (χ3n) is 4.39. The fourth-order valence-electron chi connectivity index (χ4n) is 2.92. The number of amides is 1. The summed E-state index contributed by atoms with van der Waals surface area (Å²) in [4.78, 5) is 15.6. The molecule has 0 saturated carbocycles. The molecule has 2 aromatic carbocycles. The van der Waals surface area contributed by atoms with E-state index in [4.69, 9.17) is 31.3 Å². The van der Waals surface area contributed by atoms with Gasteiger partial charge >= 0.3 is 0 Å². The third-order valence-corrected chi connectivity index (χ3v) is 4.68. The van der Waals surface area contributed by atoms with Crippen LogP contribution in [-0.2, 0) is 12.8 Å². The number of primary amides is 1. The molecule has 0 atom stereocenters. The van der Waals surface area contributed by atoms with Crippen LogP contribution in [0.3, 0.4) is 0 Å². The van der Waals surface area contributed by atoms with Crippen LogP contribution in [0.2, 0.25) is 5.02 Å². The molecule has 4 rings (SSSR count). The Hall–Kier alpha value is -3.06. The molecule has 144 valence electrons. The average molecular weight is 400 g/mol. The molecular formula is C20H18ClN3O4. The van der Waals surface area contributed by atoms with Crippen molar-refractivity contribution in [3.8, 4) is 22.9 Å². The SMILES string of the molecule is NC(=O)c1ccc(CCc2nc(-c3cc(Cl)c4c(c3)OCCCO4)no2)cc1. The highest BCUT2D eigenvalue weighted by Crippen LogP contribution is 2.40. The first-order valence-electron chi connectivity index (χ1n) is 8.91. The van der Waals surface area contributed by atoms with Crippen LogP contribution in [0.4, 0.5) is 0 Å². The van der Waals surface area contributed by atoms with Crippen molar-refractivity contribution in [2.45, 2.75) is 19.3 Å². The number of halogens is 1. The van der Waals surface area contributed by atoms with Gasteiger partial charge in [-0.25, -0.2) is 0 Å². The fourth-order valence-corrected chi connectivity index (χ4v) is 3.19. The predicted octanol–water partition coefficient (Wildman–Crippen LogP) is 3.44. The molecular weight excluding hydrogens is 382 g/mol. The van der Waals surface area contributed by atoms with Crippen molar-refractivity contribution in [2.24, 2.45) is 5.73 Å². The Bertz CT molecular complexity index is 1000. The van der Waals surface area contributed by atoms with E-state index < -0.39 is 5.91 Å². The van der Waals surface area contributed by atoms with Gasteiger partial charge in [0.05, 0.1) is 18.2 Å². The molecule has 0 unspecified atom stereocenters. The second-order valence-corrected chi connectivity index (χ2v) is 6.82. The number of ether oxygens (including phenoxy) is 2. The molecule has 7 nitrogen and oxygen atoms in total. The highest BCUT2D eigenvalue weighted by atomic mass is 35.5. The van der Waals surface area contributed by atoms with Crippen molar-refractivity contribution in [2.75, 3.05) is 13.2 Å². The molecule has 0 radical (unpaired) electrons. The molecule has 8 heteroatoms. The average Bonchev–Trinajstić information content (AvgIpc) is 3.04. The zero-order valence-corrected chi connectivity index (χ0v) is 15.7. The van der Waals surface area contributed by atoms with E-state index in [-0.39, 0.29) is 0 Å². The molecule has 1 amide bonds. The Balaban J connectivity index is 1.48. The number of carbonyl (C=O) groups excluding carboxylic acids is 1. The normalized spacial score (nSPS) is 13.2. The van der Waals surface area contributed by atoms with Crippen LogP contribution in [0, 0.1) is 0 Å². The van der Waals surface area contributed by atoms with Gasteiger partial charge in [0.2, 0.25) is 17.6 Å². The van der Waals surface area contributed by atoms with Crippen molar-refractivity contribution in [3.63, 3.8) is 0 Å². The summed E-state index contributed by atoms with van der Waals surface area (Å²) in [5.41, 5.74) is 7.48. The second kappa shape index (κ2) is 7.90. The summed E-state index contributed by atoms with van der Waals surface area (Å²) in [6.07, 6.45) is 2.07. The molecule has 1 aromatic heterocycles. The van der Waals surface area contributed by atoms with Crippen molar-refractivity contribution in [3.05, 3.63) is 58.4 Å². The lowest BCUT2D eigenvalue weighted by molar-refractivity contribution is 0.100. The minimum absolute atomic E-state index is 0.441. The zero-order valence-electron chi connectivity index (χ0n) is 15.0. The lowest BCUT2D eigenvalue weighted by atomic mass is 10.1. The van der Waals surface area contributed by atoms with Gasteiger partial charge < -0.3 is 19.7 Å². The van der Waals surface area contributed by atoms with E-state index in [9.17, 15) is 4.79 Å². The van der Waals surface area contributed by atoms with Gasteiger partial charge in [0, 0.05) is 24.0 Å². The van der Waals surface area contributed by atoms with Gasteiger partial charge in [-0.3, -0.25) is 4.79 Å². The standard InChI is InChI=1S/C20H18ClN3O4/c21-15-10-14(11-16-18(15)27-9-1-8-26-16)20-23-17(28-24-20)7-4-12-2-5-13(6-3-12)19(22)25/h2-3,5-6,10-11H,1,4,7-9H2,(H2,22,25). The zero-order chi connectivity index (χ0) is 19.5. The molecule has 1 aliphatic rings. The smallest absolute Gasteiger partial charge is 0.248 e. The lowest BCUT2D eigenvalue weighted by Crippen LogP contribution is -2.10. The number of fused-ring (bicyclic) bond motifs is 1. The molecule has 0 fully saturated rings. The fraction of sp³-hybridized carbons (Fsp3) is 0.250. The first-order chi connectivity index (χ1) is 13.6. The summed E-state index contributed by atoms with van der Waals surface area (Å²) in [5.74, 6) is 1.64. The predicted molar refractivity (Wildman–Crippen MR) is 103 cm³/mol. The molecule has 0 saturated heterocycles. The summed E-state index contributed by atoms with van der Waals surface area (Å²) < 4.78 is 16.7. The number of benzene rings is 2. The Morgan fingerprint density at radius 2 is 1.89 bits per heavy atom. The number of nitrogens with zero attached hydrogens (tertiary/aromatic N) is 2. The molecule has 2 N–H and O–H groups in total. The Labute approximate surface area is 166 Å². The number of hydrogen-bond acceptors (Lipinski definition) is 6. The summed E-state index contributed by atoms with van der Waals surface area (Å²) in [6, 6.07) is 10.7. The largest absolute Gasteiger partial charge is 0.489 e. The van der Waals surface area contributed by atoms with E-state index in [1.54, 1.807) is 18.2 Å². The molecule has 28 heavy (non-hydrogen) atoms. The van der Waals surface area contributed by atoms with Crippen LogP contribution >= 0.6 is 11.6 Å². The second-order valence-electron chi connectivity index (χ2n) is 6.41. The Kier molecular flexibility index (Phi) is 5.16. The van der Waals surface area contributed by atoms with Crippen molar-refractivity contribution in [1.29, 1.82) is 0 Å². The topological polar surface area (TPSA) is 100 Å². The van der Waals surface area contributed by atoms with Gasteiger partial charge in [0.15, 0.2) is 11.5 Å². The number of aryl methyl sites for hydroxylation is 2.